The van der Waals surface area contributed by atoms with Crippen LogP contribution in [-0.2, 0) is 0 Å². The molecule has 1 heterocycles. The average Bonchev–Trinajstić information content (AvgIpc) is 2.05. The number of aromatic nitrogens is 1. The molecule has 0 aromatic carbocycles. The lowest BCUT2D eigenvalue weighted by molar-refractivity contribution is 0.0997. The summed E-state index contributed by atoms with van der Waals surface area (Å²) in [6, 6.07) is 1.56. The van der Waals surface area contributed by atoms with E-state index < -0.39 is 5.91 Å². The molecule has 82 valence electrons. The molecule has 0 fully saturated rings. The molecule has 1 aromatic rings. The minimum Gasteiger partial charge on any atom is -0.397 e. The number of nitrogens with zero attached hydrogens (tertiary/aromatic N) is 1. The summed E-state index contributed by atoms with van der Waals surface area (Å²) in [6.07, 6.45) is 1.53. The zero-order chi connectivity index (χ0) is 11.6. The first kappa shape index (κ1) is 11.8. The van der Waals surface area contributed by atoms with Crippen LogP contribution >= 0.6 is 11.8 Å². The lowest BCUT2D eigenvalue weighted by atomic mass is 10.2. The van der Waals surface area contributed by atoms with Crippen molar-refractivity contribution in [2.24, 2.45) is 5.73 Å². The highest BCUT2D eigenvalue weighted by molar-refractivity contribution is 8.00. The van der Waals surface area contributed by atoms with Crippen molar-refractivity contribution >= 4 is 23.4 Å². The van der Waals surface area contributed by atoms with E-state index in [1.54, 1.807) is 6.07 Å². The number of nitrogens with two attached hydrogens (primary N) is 2. The fourth-order valence-corrected chi connectivity index (χ4v) is 1.97. The number of thioether (sulfide) groups is 1. The molecule has 4 nitrogen and oxygen atoms in total. The van der Waals surface area contributed by atoms with E-state index in [9.17, 15) is 4.79 Å². The van der Waals surface area contributed by atoms with E-state index in [2.05, 4.69) is 4.98 Å². The Morgan fingerprint density at radius 3 is 2.53 bits per heavy atom. The van der Waals surface area contributed by atoms with Gasteiger partial charge in [0, 0.05) is 4.75 Å². The van der Waals surface area contributed by atoms with Gasteiger partial charge in [-0.25, -0.2) is 4.98 Å². The summed E-state index contributed by atoms with van der Waals surface area (Å²) in [5, 5.41) is 0.629. The van der Waals surface area contributed by atoms with Crippen molar-refractivity contribution in [2.75, 3.05) is 5.73 Å². The Morgan fingerprint density at radius 2 is 2.07 bits per heavy atom. The van der Waals surface area contributed by atoms with E-state index >= 15 is 0 Å². The third-order valence-corrected chi connectivity index (χ3v) is 2.67. The SMILES string of the molecule is CC(C)(C)Sc1ncc(N)cc1C(N)=O. The Balaban J connectivity index is 3.12. The van der Waals surface area contributed by atoms with E-state index in [0.717, 1.165) is 0 Å². The third-order valence-electron chi connectivity index (χ3n) is 1.54. The number of pyridine rings is 1. The van der Waals surface area contributed by atoms with Gasteiger partial charge in [0.2, 0.25) is 0 Å². The van der Waals surface area contributed by atoms with Crippen molar-refractivity contribution in [1.82, 2.24) is 4.98 Å². The zero-order valence-corrected chi connectivity index (χ0v) is 9.89. The standard InChI is InChI=1S/C10H15N3OS/c1-10(2,3)15-9-7(8(12)14)4-6(11)5-13-9/h4-5H,11H2,1-3H3,(H2,12,14). The predicted molar refractivity (Wildman–Crippen MR) is 62.8 cm³/mol. The van der Waals surface area contributed by atoms with Gasteiger partial charge in [-0.15, -0.1) is 0 Å². The number of hydrogen-bond acceptors (Lipinski definition) is 4. The van der Waals surface area contributed by atoms with Crippen LogP contribution in [0.3, 0.4) is 0 Å². The Hall–Kier alpha value is -1.23. The molecule has 4 N–H and O–H groups in total. The molecule has 0 aliphatic carbocycles. The van der Waals surface area contributed by atoms with Gasteiger partial charge < -0.3 is 11.5 Å². The van der Waals surface area contributed by atoms with Gasteiger partial charge >= 0.3 is 0 Å². The largest absolute Gasteiger partial charge is 0.397 e. The molecule has 1 rings (SSSR count). The summed E-state index contributed by atoms with van der Waals surface area (Å²) in [6.45, 7) is 6.13. The third kappa shape index (κ3) is 3.43. The van der Waals surface area contributed by atoms with Gasteiger partial charge in [0.15, 0.2) is 0 Å². The molecule has 0 atom stereocenters. The lowest BCUT2D eigenvalue weighted by Crippen LogP contribution is -2.16. The Kier molecular flexibility index (Phi) is 3.24. The smallest absolute Gasteiger partial charge is 0.251 e. The van der Waals surface area contributed by atoms with Gasteiger partial charge in [0.25, 0.3) is 5.91 Å². The van der Waals surface area contributed by atoms with Gasteiger partial charge in [-0.05, 0) is 6.07 Å². The quantitative estimate of drug-likeness (QED) is 0.750. The number of carbonyl (C=O) groups is 1. The van der Waals surface area contributed by atoms with Crippen molar-refractivity contribution in [1.29, 1.82) is 0 Å². The fourth-order valence-electron chi connectivity index (χ4n) is 1.02. The second-order valence-electron chi connectivity index (χ2n) is 4.20. The predicted octanol–water partition coefficient (Wildman–Crippen LogP) is 1.65. The lowest BCUT2D eigenvalue weighted by Gasteiger charge is -2.18. The summed E-state index contributed by atoms with van der Waals surface area (Å²) in [5.41, 5.74) is 11.6. The van der Waals surface area contributed by atoms with Crippen molar-refractivity contribution in [3.63, 3.8) is 0 Å². The maximum atomic E-state index is 11.2. The highest BCUT2D eigenvalue weighted by Crippen LogP contribution is 2.32. The molecule has 0 radical (unpaired) electrons. The molecule has 1 amide bonds. The van der Waals surface area contributed by atoms with Crippen LogP contribution in [0.15, 0.2) is 17.3 Å². The van der Waals surface area contributed by atoms with E-state index in [1.165, 1.54) is 18.0 Å². The minimum atomic E-state index is -0.499. The van der Waals surface area contributed by atoms with E-state index in [-0.39, 0.29) is 4.75 Å². The van der Waals surface area contributed by atoms with Crippen LogP contribution in [0.5, 0.6) is 0 Å². The summed E-state index contributed by atoms with van der Waals surface area (Å²) in [5.74, 6) is -0.499. The molecular formula is C10H15N3OS. The molecule has 5 heteroatoms. The van der Waals surface area contributed by atoms with Gasteiger partial charge in [-0.2, -0.15) is 0 Å². The molecular weight excluding hydrogens is 210 g/mol. The van der Waals surface area contributed by atoms with Gasteiger partial charge in [-0.3, -0.25) is 4.79 Å². The van der Waals surface area contributed by atoms with Crippen LogP contribution in [0.4, 0.5) is 5.69 Å². The van der Waals surface area contributed by atoms with Crippen molar-refractivity contribution in [3.8, 4) is 0 Å². The van der Waals surface area contributed by atoms with Crippen molar-refractivity contribution in [2.45, 2.75) is 30.5 Å². The molecule has 0 saturated carbocycles. The van der Waals surface area contributed by atoms with Gasteiger partial charge in [-0.1, -0.05) is 32.5 Å². The van der Waals surface area contributed by atoms with E-state index in [1.807, 2.05) is 20.8 Å². The summed E-state index contributed by atoms with van der Waals surface area (Å²) in [7, 11) is 0. The first-order valence-electron chi connectivity index (χ1n) is 4.54. The second-order valence-corrected chi connectivity index (χ2v) is 6.02. The highest BCUT2D eigenvalue weighted by atomic mass is 32.2. The molecule has 15 heavy (non-hydrogen) atoms. The molecule has 0 aliphatic heterocycles. The van der Waals surface area contributed by atoms with Crippen LogP contribution in [0, 0.1) is 0 Å². The highest BCUT2D eigenvalue weighted by Gasteiger charge is 2.18. The fraction of sp³-hybridized carbons (Fsp3) is 0.400. The maximum absolute atomic E-state index is 11.2. The number of rotatable bonds is 2. The Bertz CT molecular complexity index is 385. The van der Waals surface area contributed by atoms with E-state index in [4.69, 9.17) is 11.5 Å². The molecule has 0 bridgehead atoms. The number of hydrogen-bond donors (Lipinski definition) is 2. The molecule has 0 aliphatic rings. The van der Waals surface area contributed by atoms with Crippen LogP contribution in [0.2, 0.25) is 0 Å². The number of amides is 1. The molecule has 0 saturated heterocycles. The van der Waals surface area contributed by atoms with Crippen LogP contribution in [0.1, 0.15) is 31.1 Å². The first-order chi connectivity index (χ1) is 6.79. The maximum Gasteiger partial charge on any atom is 0.251 e. The van der Waals surface area contributed by atoms with Crippen molar-refractivity contribution in [3.05, 3.63) is 17.8 Å². The number of anilines is 1. The normalized spacial score (nSPS) is 11.4. The topological polar surface area (TPSA) is 82.0 Å². The van der Waals surface area contributed by atoms with E-state index in [0.29, 0.717) is 16.3 Å². The summed E-state index contributed by atoms with van der Waals surface area (Å²) >= 11 is 1.50. The Labute approximate surface area is 93.4 Å². The molecule has 1 aromatic heterocycles. The molecule has 0 spiro atoms. The summed E-state index contributed by atoms with van der Waals surface area (Å²) in [4.78, 5) is 15.3. The van der Waals surface area contributed by atoms with Crippen molar-refractivity contribution < 1.29 is 4.79 Å². The minimum absolute atomic E-state index is 0.0205. The number of carbonyl (C=O) groups excluding carboxylic acids is 1. The zero-order valence-electron chi connectivity index (χ0n) is 9.07. The van der Waals surface area contributed by atoms with Crippen LogP contribution in [-0.4, -0.2) is 15.6 Å². The van der Waals surface area contributed by atoms with Gasteiger partial charge in [0.1, 0.15) is 5.03 Å². The van der Waals surface area contributed by atoms with Crippen LogP contribution in [0.25, 0.3) is 0 Å². The monoisotopic (exact) mass is 225 g/mol. The Morgan fingerprint density at radius 1 is 1.47 bits per heavy atom. The van der Waals surface area contributed by atoms with Gasteiger partial charge in [0.05, 0.1) is 17.4 Å². The first-order valence-corrected chi connectivity index (χ1v) is 5.35. The summed E-state index contributed by atoms with van der Waals surface area (Å²) < 4.78 is -0.0205. The molecule has 0 unspecified atom stereocenters. The number of primary amides is 1. The second kappa shape index (κ2) is 4.10. The number of nitrogen functional groups attached to an aromatic ring is 1. The average molecular weight is 225 g/mol. The van der Waals surface area contributed by atoms with Crippen LogP contribution < -0.4 is 11.5 Å².